The van der Waals surface area contributed by atoms with Crippen LogP contribution in [0.1, 0.15) is 12.0 Å². The van der Waals surface area contributed by atoms with Crippen molar-refractivity contribution in [2.75, 3.05) is 6.61 Å². The summed E-state index contributed by atoms with van der Waals surface area (Å²) in [5, 5.41) is 0. The van der Waals surface area contributed by atoms with Crippen molar-refractivity contribution >= 4 is 0 Å². The maximum Gasteiger partial charge on any atom is 0.122 e. The second kappa shape index (κ2) is 5.69. The van der Waals surface area contributed by atoms with Crippen molar-refractivity contribution < 1.29 is 4.74 Å². The molecule has 0 N–H and O–H groups in total. The van der Waals surface area contributed by atoms with Crippen LogP contribution in [0.5, 0.6) is 5.75 Å². The first-order valence-corrected chi connectivity index (χ1v) is 7.82. The van der Waals surface area contributed by atoms with E-state index in [0.717, 1.165) is 25.2 Å². The third-order valence-corrected chi connectivity index (χ3v) is 4.23. The Labute approximate surface area is 131 Å². The first kappa shape index (κ1) is 13.1. The van der Waals surface area contributed by atoms with Gasteiger partial charge in [-0.25, -0.2) is 0 Å². The van der Waals surface area contributed by atoms with Crippen LogP contribution in [0.2, 0.25) is 0 Å². The quantitative estimate of drug-likeness (QED) is 0.617. The minimum atomic E-state index is 0.845. The predicted molar refractivity (Wildman–Crippen MR) is 91.1 cm³/mol. The summed E-state index contributed by atoms with van der Waals surface area (Å²) in [7, 11) is 0. The van der Waals surface area contributed by atoms with E-state index < -0.39 is 0 Å². The fourth-order valence-corrected chi connectivity index (χ4v) is 3.03. The lowest BCUT2D eigenvalue weighted by atomic mass is 9.97. The van der Waals surface area contributed by atoms with Gasteiger partial charge in [0.05, 0.1) is 6.61 Å². The van der Waals surface area contributed by atoms with E-state index >= 15 is 0 Å². The SMILES string of the molecule is c1ccc(-c2ccc(-c3ccc4c(c3)CCCO4)cc2)cc1. The molecule has 1 aliphatic heterocycles. The van der Waals surface area contributed by atoms with Crippen LogP contribution in [0.3, 0.4) is 0 Å². The molecule has 0 spiro atoms. The van der Waals surface area contributed by atoms with E-state index in [4.69, 9.17) is 4.74 Å². The lowest BCUT2D eigenvalue weighted by Crippen LogP contribution is -2.07. The van der Waals surface area contributed by atoms with E-state index in [2.05, 4.69) is 66.7 Å². The highest BCUT2D eigenvalue weighted by Gasteiger charge is 2.11. The van der Waals surface area contributed by atoms with Crippen molar-refractivity contribution in [3.05, 3.63) is 78.4 Å². The Balaban J connectivity index is 1.66. The zero-order valence-corrected chi connectivity index (χ0v) is 12.5. The third-order valence-electron chi connectivity index (χ3n) is 4.23. The Hall–Kier alpha value is -2.54. The minimum Gasteiger partial charge on any atom is -0.493 e. The zero-order valence-electron chi connectivity index (χ0n) is 12.5. The highest BCUT2D eigenvalue weighted by Crippen LogP contribution is 2.31. The number of ether oxygens (including phenoxy) is 1. The fourth-order valence-electron chi connectivity index (χ4n) is 3.03. The van der Waals surface area contributed by atoms with Crippen molar-refractivity contribution in [1.82, 2.24) is 0 Å². The Morgan fingerprint density at radius 1 is 0.636 bits per heavy atom. The van der Waals surface area contributed by atoms with Gasteiger partial charge in [-0.05, 0) is 52.8 Å². The molecule has 0 bridgehead atoms. The predicted octanol–water partition coefficient (Wildman–Crippen LogP) is 5.35. The summed E-state index contributed by atoms with van der Waals surface area (Å²) >= 11 is 0. The van der Waals surface area contributed by atoms with E-state index in [-0.39, 0.29) is 0 Å². The average molecular weight is 286 g/mol. The molecule has 22 heavy (non-hydrogen) atoms. The first-order chi connectivity index (χ1) is 10.9. The molecular formula is C21H18O. The highest BCUT2D eigenvalue weighted by atomic mass is 16.5. The van der Waals surface area contributed by atoms with Crippen molar-refractivity contribution in [3.8, 4) is 28.0 Å². The van der Waals surface area contributed by atoms with Gasteiger partial charge in [-0.2, -0.15) is 0 Å². The van der Waals surface area contributed by atoms with Crippen LogP contribution in [-0.2, 0) is 6.42 Å². The molecule has 1 heteroatoms. The normalized spacial score (nSPS) is 13.3. The molecule has 3 aromatic carbocycles. The Morgan fingerprint density at radius 3 is 2.05 bits per heavy atom. The van der Waals surface area contributed by atoms with Gasteiger partial charge in [0.1, 0.15) is 5.75 Å². The van der Waals surface area contributed by atoms with Crippen molar-refractivity contribution in [1.29, 1.82) is 0 Å². The monoisotopic (exact) mass is 286 g/mol. The molecule has 0 fully saturated rings. The zero-order chi connectivity index (χ0) is 14.8. The van der Waals surface area contributed by atoms with Crippen LogP contribution in [-0.4, -0.2) is 6.61 Å². The van der Waals surface area contributed by atoms with Crippen molar-refractivity contribution in [3.63, 3.8) is 0 Å². The van der Waals surface area contributed by atoms with Crippen LogP contribution in [0.25, 0.3) is 22.3 Å². The van der Waals surface area contributed by atoms with Crippen LogP contribution in [0, 0.1) is 0 Å². The standard InChI is InChI=1S/C21H18O/c1-2-5-16(6-3-1)17-8-10-18(11-9-17)19-12-13-21-20(15-19)7-4-14-22-21/h1-3,5-6,8-13,15H,4,7,14H2. The lowest BCUT2D eigenvalue weighted by molar-refractivity contribution is 0.288. The molecule has 3 aromatic rings. The molecule has 4 rings (SSSR count). The molecule has 0 amide bonds. The smallest absolute Gasteiger partial charge is 0.122 e. The van der Waals surface area contributed by atoms with Gasteiger partial charge in [-0.3, -0.25) is 0 Å². The number of benzene rings is 3. The highest BCUT2D eigenvalue weighted by molar-refractivity contribution is 5.71. The van der Waals surface area contributed by atoms with Crippen molar-refractivity contribution in [2.24, 2.45) is 0 Å². The summed E-state index contributed by atoms with van der Waals surface area (Å²) in [5.74, 6) is 1.05. The van der Waals surface area contributed by atoms with Gasteiger partial charge in [0.2, 0.25) is 0 Å². The van der Waals surface area contributed by atoms with E-state index in [1.54, 1.807) is 0 Å². The molecule has 0 atom stereocenters. The molecule has 1 aliphatic rings. The second-order valence-corrected chi connectivity index (χ2v) is 5.72. The van der Waals surface area contributed by atoms with Gasteiger partial charge in [0.25, 0.3) is 0 Å². The molecule has 0 unspecified atom stereocenters. The van der Waals surface area contributed by atoms with Gasteiger partial charge in [0.15, 0.2) is 0 Å². The number of hydrogen-bond donors (Lipinski definition) is 0. The molecular weight excluding hydrogens is 268 g/mol. The summed E-state index contributed by atoms with van der Waals surface area (Å²) in [5.41, 5.74) is 6.37. The minimum absolute atomic E-state index is 0.845. The van der Waals surface area contributed by atoms with Crippen LogP contribution in [0.15, 0.2) is 72.8 Å². The van der Waals surface area contributed by atoms with E-state index in [1.165, 1.54) is 27.8 Å². The second-order valence-electron chi connectivity index (χ2n) is 5.72. The first-order valence-electron chi connectivity index (χ1n) is 7.82. The molecule has 1 nitrogen and oxygen atoms in total. The van der Waals surface area contributed by atoms with Gasteiger partial charge >= 0.3 is 0 Å². The Kier molecular flexibility index (Phi) is 3.40. The molecule has 0 radical (unpaired) electrons. The number of aryl methyl sites for hydroxylation is 1. The molecule has 0 saturated carbocycles. The van der Waals surface area contributed by atoms with E-state index in [0.29, 0.717) is 0 Å². The van der Waals surface area contributed by atoms with Gasteiger partial charge in [-0.15, -0.1) is 0 Å². The maximum atomic E-state index is 5.69. The van der Waals surface area contributed by atoms with Crippen LogP contribution in [0.4, 0.5) is 0 Å². The van der Waals surface area contributed by atoms with Gasteiger partial charge in [0, 0.05) is 0 Å². The Morgan fingerprint density at radius 2 is 1.27 bits per heavy atom. The van der Waals surface area contributed by atoms with Crippen molar-refractivity contribution in [2.45, 2.75) is 12.8 Å². The molecule has 108 valence electrons. The maximum absolute atomic E-state index is 5.69. The molecule has 0 aliphatic carbocycles. The fraction of sp³-hybridized carbons (Fsp3) is 0.143. The molecule has 0 aromatic heterocycles. The summed E-state index contributed by atoms with van der Waals surface area (Å²) in [6.07, 6.45) is 2.23. The van der Waals surface area contributed by atoms with Crippen LogP contribution >= 0.6 is 0 Å². The number of fused-ring (bicyclic) bond motifs is 1. The van der Waals surface area contributed by atoms with E-state index in [9.17, 15) is 0 Å². The van der Waals surface area contributed by atoms with Gasteiger partial charge < -0.3 is 4.74 Å². The number of hydrogen-bond acceptors (Lipinski definition) is 1. The van der Waals surface area contributed by atoms with Gasteiger partial charge in [-0.1, -0.05) is 60.7 Å². The Bertz CT molecular complexity index is 773. The summed E-state index contributed by atoms with van der Waals surface area (Å²) in [4.78, 5) is 0. The van der Waals surface area contributed by atoms with E-state index in [1.807, 2.05) is 6.07 Å². The molecule has 1 heterocycles. The topological polar surface area (TPSA) is 9.23 Å². The third kappa shape index (κ3) is 2.50. The van der Waals surface area contributed by atoms with Crippen LogP contribution < -0.4 is 4.74 Å². The summed E-state index contributed by atoms with van der Waals surface area (Å²) in [6.45, 7) is 0.845. The summed E-state index contributed by atoms with van der Waals surface area (Å²) in [6, 6.07) is 25.8. The average Bonchev–Trinajstić information content (AvgIpc) is 2.62. The number of rotatable bonds is 2. The lowest BCUT2D eigenvalue weighted by Gasteiger charge is -2.18. The molecule has 0 saturated heterocycles. The summed E-state index contributed by atoms with van der Waals surface area (Å²) < 4.78 is 5.69. The largest absolute Gasteiger partial charge is 0.493 e.